The first kappa shape index (κ1) is 26.3. The van der Waals surface area contributed by atoms with E-state index >= 15 is 0 Å². The molecule has 1 fully saturated rings. The molecular weight excluding hydrogens is 469 g/mol. The van der Waals surface area contributed by atoms with Crippen LogP contribution in [0.1, 0.15) is 70.0 Å². The number of piperidine rings is 1. The molecule has 1 aliphatic heterocycles. The zero-order valence-corrected chi connectivity index (χ0v) is 21.8. The lowest BCUT2D eigenvalue weighted by atomic mass is 9.74. The fourth-order valence-corrected chi connectivity index (χ4v) is 5.10. The van der Waals surface area contributed by atoms with Gasteiger partial charge in [-0.1, -0.05) is 60.5 Å². The number of allylic oxidation sites excluding steroid dienone is 1. The van der Waals surface area contributed by atoms with E-state index in [1.54, 1.807) is 11.0 Å². The van der Waals surface area contributed by atoms with Gasteiger partial charge in [-0.25, -0.2) is 4.79 Å². The van der Waals surface area contributed by atoms with Gasteiger partial charge in [0.1, 0.15) is 11.6 Å². The zero-order valence-electron chi connectivity index (χ0n) is 20.3. The number of amides is 1. The maximum Gasteiger partial charge on any atom is 0.329 e. The minimum Gasteiger partial charge on any atom is -0.458 e. The minimum atomic E-state index is -0.721. The topological polar surface area (TPSA) is 46.6 Å². The Morgan fingerprint density at radius 1 is 1.15 bits per heavy atom. The number of hydrogen-bond acceptors (Lipinski definition) is 3. The van der Waals surface area contributed by atoms with E-state index in [1.165, 1.54) is 0 Å². The first-order valence-corrected chi connectivity index (χ1v) is 12.5. The summed E-state index contributed by atoms with van der Waals surface area (Å²) in [6, 6.07) is 14.1. The Labute approximate surface area is 212 Å². The molecule has 2 aromatic rings. The Kier molecular flexibility index (Phi) is 8.48. The number of hydrogen-bond donors (Lipinski definition) is 0. The van der Waals surface area contributed by atoms with E-state index in [0.29, 0.717) is 29.3 Å². The Balaban J connectivity index is 2.18. The van der Waals surface area contributed by atoms with E-state index in [1.807, 2.05) is 76.2 Å². The van der Waals surface area contributed by atoms with Crippen LogP contribution in [-0.2, 0) is 14.3 Å². The van der Waals surface area contributed by atoms with Gasteiger partial charge in [0.2, 0.25) is 5.91 Å². The summed E-state index contributed by atoms with van der Waals surface area (Å²) in [7, 11) is 0. The molecular formula is C28H33Cl2NO3. The van der Waals surface area contributed by atoms with Crippen LogP contribution in [0.15, 0.2) is 61.2 Å². The molecule has 1 unspecified atom stereocenters. The highest BCUT2D eigenvalue weighted by Crippen LogP contribution is 2.47. The lowest BCUT2D eigenvalue weighted by molar-refractivity contribution is -0.170. The molecule has 0 spiro atoms. The smallest absolute Gasteiger partial charge is 0.329 e. The van der Waals surface area contributed by atoms with Crippen LogP contribution < -0.4 is 0 Å². The van der Waals surface area contributed by atoms with Crippen LogP contribution >= 0.6 is 23.2 Å². The molecule has 4 nitrogen and oxygen atoms in total. The molecule has 1 saturated heterocycles. The van der Waals surface area contributed by atoms with Crippen LogP contribution in [0.25, 0.3) is 0 Å². The van der Waals surface area contributed by atoms with Crippen molar-refractivity contribution in [1.82, 2.24) is 4.90 Å². The highest BCUT2D eigenvalue weighted by Gasteiger charge is 2.47. The standard InChI is InChI=1S/C28H33Cl2NO3/c1-6-9-20-17-23(19-10-8-11-22(30)16-19)25(18-12-14-21(29)15-13-18)31(26(20)32)24(7-2)27(33)34-28(3,4)5/h6,8,10-16,20,23-25H,1,7,9,17H2,2-5H3/t20-,23-,24?,25-/m1/s1. The molecule has 1 amide bonds. The number of nitrogens with zero attached hydrogens (tertiary/aromatic N) is 1. The molecule has 0 bridgehead atoms. The van der Waals surface area contributed by atoms with Crippen LogP contribution in [0, 0.1) is 5.92 Å². The van der Waals surface area contributed by atoms with Gasteiger partial charge >= 0.3 is 5.97 Å². The first-order chi connectivity index (χ1) is 16.1. The molecule has 1 heterocycles. The number of carbonyl (C=O) groups is 2. The SMILES string of the molecule is C=CC[C@@H]1C[C@H](c2cccc(Cl)c2)[C@@H](c2ccc(Cl)cc2)N(C(CC)C(=O)OC(C)(C)C)C1=O. The van der Waals surface area contributed by atoms with Crippen molar-refractivity contribution < 1.29 is 14.3 Å². The zero-order chi connectivity index (χ0) is 25.0. The number of carbonyl (C=O) groups excluding carboxylic acids is 2. The summed E-state index contributed by atoms with van der Waals surface area (Å²) in [5.74, 6) is -0.817. The summed E-state index contributed by atoms with van der Waals surface area (Å²) in [6.45, 7) is 11.3. The fraction of sp³-hybridized carbons (Fsp3) is 0.429. The fourth-order valence-electron chi connectivity index (χ4n) is 4.78. The highest BCUT2D eigenvalue weighted by molar-refractivity contribution is 6.30. The van der Waals surface area contributed by atoms with Crippen molar-refractivity contribution in [1.29, 1.82) is 0 Å². The molecule has 2 aromatic carbocycles. The van der Waals surface area contributed by atoms with Crippen LogP contribution in [-0.4, -0.2) is 28.4 Å². The first-order valence-electron chi connectivity index (χ1n) is 11.7. The lowest BCUT2D eigenvalue weighted by Gasteiger charge is -2.47. The molecule has 0 radical (unpaired) electrons. The maximum absolute atomic E-state index is 13.9. The van der Waals surface area contributed by atoms with Crippen molar-refractivity contribution in [3.8, 4) is 0 Å². The Hall–Kier alpha value is -2.30. The van der Waals surface area contributed by atoms with E-state index in [-0.39, 0.29) is 23.8 Å². The minimum absolute atomic E-state index is 0.0594. The second-order valence-electron chi connectivity index (χ2n) is 9.82. The Morgan fingerprint density at radius 3 is 2.38 bits per heavy atom. The maximum atomic E-state index is 13.9. The summed E-state index contributed by atoms with van der Waals surface area (Å²) in [6.07, 6.45) is 3.37. The highest BCUT2D eigenvalue weighted by atomic mass is 35.5. The molecule has 34 heavy (non-hydrogen) atoms. The van der Waals surface area contributed by atoms with E-state index in [0.717, 1.165) is 11.1 Å². The molecule has 0 saturated carbocycles. The van der Waals surface area contributed by atoms with Crippen molar-refractivity contribution in [3.05, 3.63) is 82.4 Å². The Morgan fingerprint density at radius 2 is 1.82 bits per heavy atom. The third-order valence-electron chi connectivity index (χ3n) is 6.16. The van der Waals surface area contributed by atoms with Gasteiger partial charge in [0.05, 0.1) is 6.04 Å². The van der Waals surface area contributed by atoms with E-state index in [4.69, 9.17) is 27.9 Å². The number of halogens is 2. The second-order valence-corrected chi connectivity index (χ2v) is 10.7. The predicted octanol–water partition coefficient (Wildman–Crippen LogP) is 7.36. The molecule has 1 aliphatic rings. The van der Waals surface area contributed by atoms with Gasteiger partial charge in [0.25, 0.3) is 0 Å². The molecule has 3 rings (SSSR count). The van der Waals surface area contributed by atoms with Crippen LogP contribution in [0.2, 0.25) is 10.0 Å². The number of likely N-dealkylation sites (tertiary alicyclic amines) is 1. The summed E-state index contributed by atoms with van der Waals surface area (Å²) >= 11 is 12.5. The lowest BCUT2D eigenvalue weighted by Crippen LogP contribution is -2.55. The molecule has 0 N–H and O–H groups in total. The summed E-state index contributed by atoms with van der Waals surface area (Å²) < 4.78 is 5.76. The number of ether oxygens (including phenoxy) is 1. The van der Waals surface area contributed by atoms with Crippen LogP contribution in [0.4, 0.5) is 0 Å². The van der Waals surface area contributed by atoms with E-state index in [9.17, 15) is 9.59 Å². The van der Waals surface area contributed by atoms with Gasteiger partial charge in [-0.15, -0.1) is 6.58 Å². The van der Waals surface area contributed by atoms with Gasteiger partial charge < -0.3 is 9.64 Å². The predicted molar refractivity (Wildman–Crippen MR) is 138 cm³/mol. The number of esters is 1. The molecule has 4 atom stereocenters. The van der Waals surface area contributed by atoms with E-state index in [2.05, 4.69) is 6.58 Å². The van der Waals surface area contributed by atoms with Crippen molar-refractivity contribution in [3.63, 3.8) is 0 Å². The van der Waals surface area contributed by atoms with Crippen LogP contribution in [0.5, 0.6) is 0 Å². The third kappa shape index (κ3) is 6.03. The van der Waals surface area contributed by atoms with Gasteiger partial charge in [-0.2, -0.15) is 0 Å². The van der Waals surface area contributed by atoms with E-state index < -0.39 is 17.6 Å². The van der Waals surface area contributed by atoms with Gasteiger partial charge in [-0.05, 0) is 75.4 Å². The number of rotatable bonds is 7. The normalized spacial score (nSPS) is 21.8. The second kappa shape index (κ2) is 11.0. The molecule has 0 aromatic heterocycles. The average Bonchev–Trinajstić information content (AvgIpc) is 2.76. The number of benzene rings is 2. The summed E-state index contributed by atoms with van der Waals surface area (Å²) in [4.78, 5) is 29.0. The van der Waals surface area contributed by atoms with Gasteiger partial charge in [0, 0.05) is 21.9 Å². The third-order valence-corrected chi connectivity index (χ3v) is 6.65. The van der Waals surface area contributed by atoms with Crippen molar-refractivity contribution >= 4 is 35.1 Å². The van der Waals surface area contributed by atoms with Gasteiger partial charge in [-0.3, -0.25) is 4.79 Å². The Bertz CT molecular complexity index is 1030. The molecule has 0 aliphatic carbocycles. The monoisotopic (exact) mass is 501 g/mol. The largest absolute Gasteiger partial charge is 0.458 e. The summed E-state index contributed by atoms with van der Waals surface area (Å²) in [5, 5.41) is 1.25. The summed E-state index contributed by atoms with van der Waals surface area (Å²) in [5.41, 5.74) is 1.28. The quantitative estimate of drug-likeness (QED) is 0.294. The van der Waals surface area contributed by atoms with Gasteiger partial charge in [0.15, 0.2) is 0 Å². The molecule has 182 valence electrons. The molecule has 6 heteroatoms. The van der Waals surface area contributed by atoms with Crippen molar-refractivity contribution in [2.75, 3.05) is 0 Å². The van der Waals surface area contributed by atoms with Crippen molar-refractivity contribution in [2.24, 2.45) is 5.92 Å². The van der Waals surface area contributed by atoms with Crippen molar-refractivity contribution in [2.45, 2.75) is 70.6 Å². The van der Waals surface area contributed by atoms with Crippen LogP contribution in [0.3, 0.4) is 0 Å². The average molecular weight is 502 g/mol.